The molecule has 13 heavy (non-hydrogen) atoms. The van der Waals surface area contributed by atoms with Crippen LogP contribution in [0.15, 0.2) is 23.3 Å². The third kappa shape index (κ3) is 1.71. The van der Waals surface area contributed by atoms with Crippen LogP contribution >= 0.6 is 0 Å². The van der Waals surface area contributed by atoms with Gasteiger partial charge in [-0.05, 0) is 11.6 Å². The minimum atomic E-state index is -0.910. The minimum Gasteiger partial charge on any atom is -0.258 e. The number of halogens is 1. The lowest BCUT2D eigenvalue weighted by molar-refractivity contribution is -0.384. The molecule has 0 aliphatic carbocycles. The Morgan fingerprint density at radius 3 is 2.85 bits per heavy atom. The van der Waals surface area contributed by atoms with Crippen LogP contribution in [0.4, 0.5) is 15.8 Å². The molecule has 7 heteroatoms. The molecule has 0 aliphatic rings. The van der Waals surface area contributed by atoms with Gasteiger partial charge in [-0.2, -0.15) is 0 Å². The van der Waals surface area contributed by atoms with Crippen molar-refractivity contribution in [2.45, 2.75) is 0 Å². The molecule has 0 aromatic heterocycles. The summed E-state index contributed by atoms with van der Waals surface area (Å²) in [5.41, 5.74) is 6.89. The van der Waals surface area contributed by atoms with Crippen molar-refractivity contribution in [3.63, 3.8) is 0 Å². The standard InChI is InChI=1S/C6H3FN4O2/c7-4-2-1-3-5(11(12)13)6(4)9-10-8/h1-3H. The van der Waals surface area contributed by atoms with Crippen molar-refractivity contribution in [2.24, 2.45) is 5.11 Å². The van der Waals surface area contributed by atoms with Crippen LogP contribution in [-0.4, -0.2) is 4.92 Å². The van der Waals surface area contributed by atoms with Crippen molar-refractivity contribution >= 4 is 11.4 Å². The highest BCUT2D eigenvalue weighted by atomic mass is 19.1. The summed E-state index contributed by atoms with van der Waals surface area (Å²) in [5, 5.41) is 13.2. The Hall–Kier alpha value is -2.14. The van der Waals surface area contributed by atoms with Gasteiger partial charge < -0.3 is 0 Å². The van der Waals surface area contributed by atoms with Crippen molar-refractivity contribution in [1.29, 1.82) is 0 Å². The third-order valence-electron chi connectivity index (χ3n) is 1.31. The molecule has 66 valence electrons. The van der Waals surface area contributed by atoms with E-state index in [4.69, 9.17) is 5.53 Å². The molecule has 0 saturated heterocycles. The Morgan fingerprint density at radius 2 is 2.31 bits per heavy atom. The van der Waals surface area contributed by atoms with E-state index in [1.807, 2.05) is 0 Å². The van der Waals surface area contributed by atoms with Crippen LogP contribution in [0, 0.1) is 15.9 Å². The van der Waals surface area contributed by atoms with Gasteiger partial charge in [0.2, 0.25) is 0 Å². The second kappa shape index (κ2) is 3.51. The van der Waals surface area contributed by atoms with Crippen molar-refractivity contribution in [2.75, 3.05) is 0 Å². The van der Waals surface area contributed by atoms with Crippen molar-refractivity contribution in [3.05, 3.63) is 44.6 Å². The molecule has 1 aromatic carbocycles. The molecule has 6 nitrogen and oxygen atoms in total. The van der Waals surface area contributed by atoms with E-state index in [2.05, 4.69) is 10.0 Å². The molecule has 0 saturated carbocycles. The first-order chi connectivity index (χ1) is 6.16. The van der Waals surface area contributed by atoms with Gasteiger partial charge in [0, 0.05) is 11.0 Å². The van der Waals surface area contributed by atoms with Gasteiger partial charge in [0.1, 0.15) is 5.82 Å². The fraction of sp³-hybridized carbons (Fsp3) is 0. The van der Waals surface area contributed by atoms with E-state index >= 15 is 0 Å². The summed E-state index contributed by atoms with van der Waals surface area (Å²) in [6.07, 6.45) is 0. The number of rotatable bonds is 2. The van der Waals surface area contributed by atoms with Gasteiger partial charge in [0.05, 0.1) is 4.92 Å². The Kier molecular flexibility index (Phi) is 2.41. The van der Waals surface area contributed by atoms with Crippen LogP contribution in [-0.2, 0) is 0 Å². The lowest BCUT2D eigenvalue weighted by atomic mass is 10.2. The van der Waals surface area contributed by atoms with Crippen LogP contribution < -0.4 is 0 Å². The summed E-state index contributed by atoms with van der Waals surface area (Å²) in [6.45, 7) is 0. The zero-order valence-electron chi connectivity index (χ0n) is 6.22. The fourth-order valence-corrected chi connectivity index (χ4v) is 0.795. The largest absolute Gasteiger partial charge is 0.281 e. The van der Waals surface area contributed by atoms with Gasteiger partial charge in [0.15, 0.2) is 5.69 Å². The molecule has 0 aliphatic heterocycles. The maximum Gasteiger partial charge on any atom is 0.281 e. The number of hydrogen-bond acceptors (Lipinski definition) is 3. The number of nitrogens with zero attached hydrogens (tertiary/aromatic N) is 4. The van der Waals surface area contributed by atoms with Gasteiger partial charge in [-0.25, -0.2) is 4.39 Å². The van der Waals surface area contributed by atoms with E-state index in [1.165, 1.54) is 6.07 Å². The van der Waals surface area contributed by atoms with Crippen molar-refractivity contribution < 1.29 is 9.31 Å². The maximum absolute atomic E-state index is 12.8. The quantitative estimate of drug-likeness (QED) is 0.231. The molecule has 0 amide bonds. The zero-order valence-corrected chi connectivity index (χ0v) is 6.22. The van der Waals surface area contributed by atoms with Gasteiger partial charge in [0.25, 0.3) is 5.69 Å². The minimum absolute atomic E-state index is 0.544. The number of benzene rings is 1. The monoisotopic (exact) mass is 182 g/mol. The van der Waals surface area contributed by atoms with Crippen LogP contribution in [0.1, 0.15) is 0 Å². The van der Waals surface area contributed by atoms with Gasteiger partial charge in [-0.1, -0.05) is 11.2 Å². The molecule has 1 aromatic rings. The summed E-state index contributed by atoms with van der Waals surface area (Å²) in [5.74, 6) is -0.910. The predicted molar refractivity (Wildman–Crippen MR) is 41.9 cm³/mol. The van der Waals surface area contributed by atoms with E-state index in [9.17, 15) is 14.5 Å². The summed E-state index contributed by atoms with van der Waals surface area (Å²) in [6, 6.07) is 3.22. The Labute approximate surface area is 71.4 Å². The lowest BCUT2D eigenvalue weighted by Crippen LogP contribution is -1.89. The summed E-state index contributed by atoms with van der Waals surface area (Å²) in [7, 11) is 0. The molecule has 0 fully saturated rings. The number of nitro groups is 1. The van der Waals surface area contributed by atoms with Crippen molar-refractivity contribution in [3.8, 4) is 0 Å². The SMILES string of the molecule is [N-]=[N+]=Nc1c(F)cccc1[N+](=O)[O-]. The summed E-state index contributed by atoms with van der Waals surface area (Å²) >= 11 is 0. The second-order valence-electron chi connectivity index (χ2n) is 2.05. The van der Waals surface area contributed by atoms with Gasteiger partial charge >= 0.3 is 0 Å². The Balaban J connectivity index is 3.42. The summed E-state index contributed by atoms with van der Waals surface area (Å²) in [4.78, 5) is 11.8. The van der Waals surface area contributed by atoms with E-state index in [0.29, 0.717) is 0 Å². The van der Waals surface area contributed by atoms with E-state index < -0.39 is 22.1 Å². The smallest absolute Gasteiger partial charge is 0.258 e. The fourth-order valence-electron chi connectivity index (χ4n) is 0.795. The normalized spacial score (nSPS) is 9.00. The Morgan fingerprint density at radius 1 is 1.62 bits per heavy atom. The lowest BCUT2D eigenvalue weighted by Gasteiger charge is -1.95. The third-order valence-corrected chi connectivity index (χ3v) is 1.31. The highest BCUT2D eigenvalue weighted by Gasteiger charge is 2.15. The highest BCUT2D eigenvalue weighted by molar-refractivity contribution is 5.57. The number of nitro benzene ring substituents is 1. The first kappa shape index (κ1) is 8.95. The molecule has 0 unspecified atom stereocenters. The van der Waals surface area contributed by atoms with Crippen molar-refractivity contribution in [1.82, 2.24) is 0 Å². The predicted octanol–water partition coefficient (Wildman–Crippen LogP) is 2.68. The number of azide groups is 1. The molecule has 0 radical (unpaired) electrons. The topological polar surface area (TPSA) is 91.9 Å². The molecule has 1 rings (SSSR count). The molecule has 0 atom stereocenters. The van der Waals surface area contributed by atoms with Crippen LogP contribution in [0.3, 0.4) is 0 Å². The second-order valence-corrected chi connectivity index (χ2v) is 2.05. The molecular formula is C6H3FN4O2. The Bertz CT molecular complexity index is 400. The van der Waals surface area contributed by atoms with E-state index in [-0.39, 0.29) is 0 Å². The van der Waals surface area contributed by atoms with Crippen LogP contribution in [0.5, 0.6) is 0 Å². The van der Waals surface area contributed by atoms with Gasteiger partial charge in [-0.15, -0.1) is 0 Å². The first-order valence-corrected chi connectivity index (χ1v) is 3.15. The van der Waals surface area contributed by atoms with Gasteiger partial charge in [-0.3, -0.25) is 10.1 Å². The molecule has 0 bridgehead atoms. The van der Waals surface area contributed by atoms with E-state index in [1.54, 1.807) is 0 Å². The average Bonchev–Trinajstić information content (AvgIpc) is 2.08. The first-order valence-electron chi connectivity index (χ1n) is 3.15. The van der Waals surface area contributed by atoms with Crippen LogP contribution in [0.2, 0.25) is 0 Å². The molecular weight excluding hydrogens is 179 g/mol. The summed E-state index contributed by atoms with van der Waals surface area (Å²) < 4.78 is 12.8. The van der Waals surface area contributed by atoms with Crippen LogP contribution in [0.25, 0.3) is 10.4 Å². The highest BCUT2D eigenvalue weighted by Crippen LogP contribution is 2.29. The molecule has 0 heterocycles. The zero-order chi connectivity index (χ0) is 9.84. The molecule has 0 N–H and O–H groups in total. The molecule has 0 spiro atoms. The average molecular weight is 182 g/mol. The number of hydrogen-bond donors (Lipinski definition) is 0. The van der Waals surface area contributed by atoms with E-state index in [0.717, 1.165) is 12.1 Å². The maximum atomic E-state index is 12.8.